The van der Waals surface area contributed by atoms with Crippen molar-refractivity contribution in [2.24, 2.45) is 5.41 Å². The number of carboxylic acids is 1. The number of carbonyl (C=O) groups excluding carboxylic acids is 1. The van der Waals surface area contributed by atoms with Gasteiger partial charge in [-0.1, -0.05) is 75.4 Å². The topological polar surface area (TPSA) is 103 Å². The molecule has 226 valence electrons. The van der Waals surface area contributed by atoms with Gasteiger partial charge in [-0.3, -0.25) is 14.2 Å². The number of hydrogen-bond donors (Lipinski definition) is 1. The summed E-state index contributed by atoms with van der Waals surface area (Å²) in [5, 5.41) is 13.9. The largest absolute Gasteiger partial charge is 0.496 e. The molecular formula is C35H41N3O5. The van der Waals surface area contributed by atoms with E-state index < -0.39 is 5.97 Å². The van der Waals surface area contributed by atoms with Crippen LogP contribution in [0.5, 0.6) is 5.75 Å². The lowest BCUT2D eigenvalue weighted by Gasteiger charge is -2.16. The molecule has 0 saturated heterocycles. The highest BCUT2D eigenvalue weighted by Gasteiger charge is 2.18. The number of ether oxygens (including phenoxy) is 1. The highest BCUT2D eigenvalue weighted by Crippen LogP contribution is 2.28. The summed E-state index contributed by atoms with van der Waals surface area (Å²) in [5.74, 6) is 0.554. The molecule has 4 rings (SSSR count). The lowest BCUT2D eigenvalue weighted by Crippen LogP contribution is -2.25. The van der Waals surface area contributed by atoms with Crippen molar-refractivity contribution >= 4 is 11.8 Å². The van der Waals surface area contributed by atoms with Crippen LogP contribution in [0.1, 0.15) is 73.4 Å². The minimum atomic E-state index is -0.900. The highest BCUT2D eigenvalue weighted by atomic mass is 16.5. The van der Waals surface area contributed by atoms with Crippen molar-refractivity contribution in [3.63, 3.8) is 0 Å². The number of rotatable bonds is 13. The van der Waals surface area contributed by atoms with Gasteiger partial charge in [-0.15, -0.1) is 0 Å². The van der Waals surface area contributed by atoms with Crippen molar-refractivity contribution in [3.8, 4) is 16.9 Å². The molecule has 0 fully saturated rings. The van der Waals surface area contributed by atoms with E-state index >= 15 is 0 Å². The molecule has 3 aromatic carbocycles. The number of hydrogen-bond acceptors (Lipinski definition) is 5. The first-order chi connectivity index (χ1) is 20.5. The Hall–Kier alpha value is -4.46. The third-order valence-corrected chi connectivity index (χ3v) is 7.39. The lowest BCUT2D eigenvalue weighted by molar-refractivity contribution is -0.136. The summed E-state index contributed by atoms with van der Waals surface area (Å²) in [6, 6.07) is 21.3. The molecule has 0 spiro atoms. The van der Waals surface area contributed by atoms with Crippen molar-refractivity contribution in [1.82, 2.24) is 14.3 Å². The summed E-state index contributed by atoms with van der Waals surface area (Å²) >= 11 is 0. The molecule has 8 heteroatoms. The predicted molar refractivity (Wildman–Crippen MR) is 168 cm³/mol. The minimum Gasteiger partial charge on any atom is -0.496 e. The second kappa shape index (κ2) is 13.7. The first kappa shape index (κ1) is 31.5. The maximum Gasteiger partial charge on any atom is 0.346 e. The molecule has 0 amide bonds. The summed E-state index contributed by atoms with van der Waals surface area (Å²) in [5.41, 5.74) is 5.17. The Bertz CT molecular complexity index is 1620. The van der Waals surface area contributed by atoms with Crippen molar-refractivity contribution in [2.45, 2.75) is 72.9 Å². The van der Waals surface area contributed by atoms with Crippen LogP contribution < -0.4 is 10.4 Å². The third-order valence-electron chi connectivity index (χ3n) is 7.39. The summed E-state index contributed by atoms with van der Waals surface area (Å²) < 4.78 is 8.55. The van der Waals surface area contributed by atoms with Gasteiger partial charge in [0.05, 0.1) is 20.1 Å². The number of nitrogens with zero attached hydrogens (tertiary/aromatic N) is 3. The standard InChI is InChI=1S/C35H41N3O5/c1-6-37-32(36-38(34(37)42)23-25-12-16-27(17-13-25)30(39)22-35(2,3)4)9-7-8-24-10-14-26(15-11-24)28-18-19-31(43-5)29(20-28)21-33(40)41/h10-20H,6-9,21-23H2,1-5H3,(H,40,41). The van der Waals surface area contributed by atoms with Crippen LogP contribution in [0.25, 0.3) is 11.1 Å². The number of benzene rings is 3. The van der Waals surface area contributed by atoms with E-state index in [0.717, 1.165) is 35.4 Å². The smallest absolute Gasteiger partial charge is 0.346 e. The molecule has 0 atom stereocenters. The summed E-state index contributed by atoms with van der Waals surface area (Å²) in [7, 11) is 1.54. The molecule has 1 aromatic heterocycles. The second-order valence-electron chi connectivity index (χ2n) is 12.1. The Kier molecular flexibility index (Phi) is 10.0. The third kappa shape index (κ3) is 8.31. The molecule has 0 saturated carbocycles. The van der Waals surface area contributed by atoms with Gasteiger partial charge in [-0.25, -0.2) is 9.48 Å². The first-order valence-corrected chi connectivity index (χ1v) is 14.7. The van der Waals surface area contributed by atoms with Crippen LogP contribution in [0.4, 0.5) is 0 Å². The molecule has 0 aliphatic heterocycles. The van der Waals surface area contributed by atoms with Gasteiger partial charge in [0.15, 0.2) is 5.78 Å². The Balaban J connectivity index is 1.38. The number of aryl methyl sites for hydroxylation is 2. The average Bonchev–Trinajstić information content (AvgIpc) is 3.26. The minimum absolute atomic E-state index is 0.0672. The zero-order valence-corrected chi connectivity index (χ0v) is 25.7. The van der Waals surface area contributed by atoms with Crippen LogP contribution in [0.2, 0.25) is 0 Å². The van der Waals surface area contributed by atoms with Crippen LogP contribution in [0.3, 0.4) is 0 Å². The van der Waals surface area contributed by atoms with Gasteiger partial charge >= 0.3 is 11.7 Å². The number of carbonyl (C=O) groups is 2. The van der Waals surface area contributed by atoms with E-state index in [4.69, 9.17) is 4.74 Å². The molecule has 8 nitrogen and oxygen atoms in total. The first-order valence-electron chi connectivity index (χ1n) is 14.7. The summed E-state index contributed by atoms with van der Waals surface area (Å²) in [4.78, 5) is 36.8. The summed E-state index contributed by atoms with van der Waals surface area (Å²) in [6.07, 6.45) is 2.74. The van der Waals surface area contributed by atoms with Gasteiger partial charge < -0.3 is 9.84 Å². The number of ketones is 1. The van der Waals surface area contributed by atoms with Gasteiger partial charge in [0.2, 0.25) is 0 Å². The van der Waals surface area contributed by atoms with Crippen molar-refractivity contribution in [3.05, 3.63) is 105 Å². The van der Waals surface area contributed by atoms with E-state index in [1.165, 1.54) is 17.4 Å². The van der Waals surface area contributed by atoms with E-state index in [1.54, 1.807) is 10.6 Å². The number of methoxy groups -OCH3 is 1. The molecule has 43 heavy (non-hydrogen) atoms. The maximum absolute atomic E-state index is 13.1. The maximum atomic E-state index is 13.1. The molecule has 1 heterocycles. The van der Waals surface area contributed by atoms with E-state index in [0.29, 0.717) is 42.8 Å². The number of aliphatic carboxylic acids is 1. The Labute approximate surface area is 253 Å². The quantitative estimate of drug-likeness (QED) is 0.188. The molecule has 1 N–H and O–H groups in total. The summed E-state index contributed by atoms with van der Waals surface area (Å²) in [6.45, 7) is 9.01. The number of carboxylic acid groups (broad SMARTS) is 1. The molecule has 0 aliphatic rings. The SMILES string of the molecule is CCn1c(CCCc2ccc(-c3ccc(OC)c(CC(=O)O)c3)cc2)nn(Cc2ccc(C(=O)CC(C)(C)C)cc2)c1=O. The van der Waals surface area contributed by atoms with Gasteiger partial charge in [0, 0.05) is 30.5 Å². The fraction of sp³-hybridized carbons (Fsp3) is 0.371. The zero-order valence-electron chi connectivity index (χ0n) is 25.7. The highest BCUT2D eigenvalue weighted by molar-refractivity contribution is 5.96. The van der Waals surface area contributed by atoms with Gasteiger partial charge in [-0.05, 0) is 59.6 Å². The Morgan fingerprint density at radius 1 is 0.907 bits per heavy atom. The lowest BCUT2D eigenvalue weighted by atomic mass is 9.88. The Morgan fingerprint density at radius 3 is 2.16 bits per heavy atom. The fourth-order valence-electron chi connectivity index (χ4n) is 5.22. The molecular weight excluding hydrogens is 542 g/mol. The molecule has 4 aromatic rings. The van der Waals surface area contributed by atoms with Crippen molar-refractivity contribution in [1.29, 1.82) is 0 Å². The average molecular weight is 584 g/mol. The van der Waals surface area contributed by atoms with E-state index in [2.05, 4.69) is 38.0 Å². The number of Topliss-reactive ketones (excluding diaryl/α,β-unsaturated/α-hetero) is 1. The van der Waals surface area contributed by atoms with E-state index in [1.807, 2.05) is 55.5 Å². The van der Waals surface area contributed by atoms with Crippen LogP contribution in [0.15, 0.2) is 71.5 Å². The van der Waals surface area contributed by atoms with Crippen LogP contribution in [-0.4, -0.2) is 38.3 Å². The fourth-order valence-corrected chi connectivity index (χ4v) is 5.22. The van der Waals surface area contributed by atoms with E-state index in [9.17, 15) is 19.5 Å². The van der Waals surface area contributed by atoms with Gasteiger partial charge in [-0.2, -0.15) is 5.10 Å². The second-order valence-corrected chi connectivity index (χ2v) is 12.1. The molecule has 0 radical (unpaired) electrons. The monoisotopic (exact) mass is 583 g/mol. The van der Waals surface area contributed by atoms with Crippen LogP contribution in [0, 0.1) is 5.41 Å². The zero-order chi connectivity index (χ0) is 31.1. The van der Waals surface area contributed by atoms with Crippen LogP contribution >= 0.6 is 0 Å². The number of aromatic nitrogens is 3. The van der Waals surface area contributed by atoms with Gasteiger partial charge in [0.25, 0.3) is 0 Å². The van der Waals surface area contributed by atoms with Gasteiger partial charge in [0.1, 0.15) is 11.6 Å². The molecule has 0 unspecified atom stereocenters. The molecule has 0 aliphatic carbocycles. The predicted octanol–water partition coefficient (Wildman–Crippen LogP) is 6.21. The Morgan fingerprint density at radius 2 is 1.56 bits per heavy atom. The van der Waals surface area contributed by atoms with E-state index in [-0.39, 0.29) is 23.3 Å². The molecule has 0 bridgehead atoms. The van der Waals surface area contributed by atoms with Crippen LogP contribution in [-0.2, 0) is 37.1 Å². The van der Waals surface area contributed by atoms with Crippen molar-refractivity contribution in [2.75, 3.05) is 7.11 Å². The normalized spacial score (nSPS) is 11.5. The van der Waals surface area contributed by atoms with Crippen molar-refractivity contribution < 1.29 is 19.4 Å².